The molecular weight excluding hydrogens is 972 g/mol. The van der Waals surface area contributed by atoms with E-state index in [9.17, 15) is 38.4 Å². The molecule has 0 bridgehead atoms. The summed E-state index contributed by atoms with van der Waals surface area (Å²) in [7, 11) is 0. The van der Waals surface area contributed by atoms with Gasteiger partial charge < -0.3 is 19.6 Å². The Labute approximate surface area is 453 Å². The molecule has 0 unspecified atom stereocenters. The Morgan fingerprint density at radius 2 is 0.853 bits per heavy atom. The van der Waals surface area contributed by atoms with Crippen molar-refractivity contribution in [1.82, 2.24) is 20.4 Å². The molecule has 3 N–H and O–H groups in total. The molecule has 2 fully saturated rings. The molecule has 6 amide bonds. The molecule has 2 heterocycles. The number of allylic oxidation sites excluding steroid dienone is 20. The summed E-state index contributed by atoms with van der Waals surface area (Å²) in [6, 6.07) is -1.22. The maximum Gasteiger partial charge on any atom is 0.306 e. The van der Waals surface area contributed by atoms with Crippen LogP contribution in [-0.4, -0.2) is 99.9 Å². The van der Waals surface area contributed by atoms with Gasteiger partial charge in [0.25, 0.3) is 5.91 Å². The number of ether oxygens (including phenoxy) is 1. The lowest BCUT2D eigenvalue weighted by Gasteiger charge is -2.25. The predicted octanol–water partition coefficient (Wildman–Crippen LogP) is 11.8. The second kappa shape index (κ2) is 48.8. The van der Waals surface area contributed by atoms with Crippen molar-refractivity contribution in [2.75, 3.05) is 25.6 Å². The first-order valence-corrected chi connectivity index (χ1v) is 27.6. The molecular formula is C60H89ClN4O10. The summed E-state index contributed by atoms with van der Waals surface area (Å²) in [6.45, 7) is 8.47. The van der Waals surface area contributed by atoms with E-state index in [1.54, 1.807) is 13.8 Å². The fourth-order valence-corrected chi connectivity index (χ4v) is 7.36. The lowest BCUT2D eigenvalue weighted by Crippen LogP contribution is -2.49. The summed E-state index contributed by atoms with van der Waals surface area (Å²) in [4.78, 5) is 95.5. The van der Waals surface area contributed by atoms with E-state index in [0.717, 1.165) is 89.9 Å². The van der Waals surface area contributed by atoms with Gasteiger partial charge in [-0.05, 0) is 116 Å². The number of hydrogen-bond acceptors (Lipinski definition) is 9. The molecule has 0 aromatic carbocycles. The zero-order valence-corrected chi connectivity index (χ0v) is 46.2. The fraction of sp³-hybridized carbons (Fsp3) is 0.533. The fourth-order valence-electron chi connectivity index (χ4n) is 7.29. The molecule has 2 atom stereocenters. The number of imide groups is 2. The number of carboxylic acid groups (broad SMARTS) is 1. The number of hydrogen-bond donors (Lipinski definition) is 3. The van der Waals surface area contributed by atoms with E-state index < -0.39 is 54.3 Å². The van der Waals surface area contributed by atoms with E-state index in [-0.39, 0.29) is 30.5 Å². The number of nitrogens with one attached hydrogen (secondary N) is 2. The van der Waals surface area contributed by atoms with Gasteiger partial charge in [-0.1, -0.05) is 149 Å². The zero-order chi connectivity index (χ0) is 55.6. The quantitative estimate of drug-likeness (QED) is 0.0238. The number of aliphatic carboxylic acids is 1. The highest BCUT2D eigenvalue weighted by atomic mass is 35.5. The van der Waals surface area contributed by atoms with Gasteiger partial charge in [0.2, 0.25) is 29.5 Å². The minimum Gasteiger partial charge on any atom is -0.481 e. The van der Waals surface area contributed by atoms with E-state index in [1.165, 1.54) is 9.80 Å². The number of carbonyl (C=O) groups is 8. The Balaban J connectivity index is 0.00000121. The Kier molecular flexibility index (Phi) is 44.8. The van der Waals surface area contributed by atoms with Crippen LogP contribution in [0.25, 0.3) is 0 Å². The van der Waals surface area contributed by atoms with Crippen molar-refractivity contribution in [2.24, 2.45) is 0 Å². The molecule has 0 aliphatic carbocycles. The lowest BCUT2D eigenvalue weighted by molar-refractivity contribution is -0.150. The highest BCUT2D eigenvalue weighted by Gasteiger charge is 2.33. The smallest absolute Gasteiger partial charge is 0.306 e. The Bertz CT molecular complexity index is 1980. The summed E-state index contributed by atoms with van der Waals surface area (Å²) in [6.07, 6.45) is 59.5. The number of amides is 6. The maximum absolute atomic E-state index is 12.3. The predicted molar refractivity (Wildman–Crippen MR) is 302 cm³/mol. The highest BCUT2D eigenvalue weighted by Crippen LogP contribution is 2.17. The third-order valence-electron chi connectivity index (χ3n) is 11.2. The third kappa shape index (κ3) is 39.0. The van der Waals surface area contributed by atoms with Crippen molar-refractivity contribution < 1.29 is 48.2 Å². The number of unbranched alkanes of at least 4 members (excludes halogenated alkanes) is 2. The van der Waals surface area contributed by atoms with Gasteiger partial charge in [-0.15, -0.1) is 11.6 Å². The summed E-state index contributed by atoms with van der Waals surface area (Å²) in [5, 5.41) is 12.9. The van der Waals surface area contributed by atoms with Gasteiger partial charge in [0.05, 0.1) is 0 Å². The maximum atomic E-state index is 12.3. The van der Waals surface area contributed by atoms with E-state index in [2.05, 4.69) is 140 Å². The topological polar surface area (TPSA) is 197 Å². The third-order valence-corrected chi connectivity index (χ3v) is 11.4. The second-order valence-electron chi connectivity index (χ2n) is 17.4. The van der Waals surface area contributed by atoms with Crippen LogP contribution in [0.3, 0.4) is 0 Å². The molecule has 75 heavy (non-hydrogen) atoms. The number of esters is 1. The number of likely N-dealkylation sites (tertiary alicyclic amines) is 2. The van der Waals surface area contributed by atoms with Crippen molar-refractivity contribution in [3.63, 3.8) is 0 Å². The van der Waals surface area contributed by atoms with Crippen LogP contribution in [0.4, 0.5) is 0 Å². The van der Waals surface area contributed by atoms with Gasteiger partial charge in [0, 0.05) is 38.8 Å². The number of carbonyl (C=O) groups excluding carboxylic acids is 7. The first-order chi connectivity index (χ1) is 36.4. The average molecular weight is 1060 g/mol. The monoisotopic (exact) mass is 1060 g/mol. The second-order valence-corrected chi connectivity index (χ2v) is 17.7. The van der Waals surface area contributed by atoms with Crippen LogP contribution in [0, 0.1) is 0 Å². The molecule has 416 valence electrons. The van der Waals surface area contributed by atoms with Crippen molar-refractivity contribution in [3.05, 3.63) is 122 Å². The minimum atomic E-state index is -0.715. The molecule has 15 heteroatoms. The standard InChI is InChI=1S/C30H44N2O5.C20H30O2.C10H15ClN2O3/c1-3-5-6-7-8-9-10-11-12-13-14-15-16-17-18-19-20-23-29(35)37-25-27(33)31-30(36)26(4-2)32-24-21-22-28(32)34;1-2-3-4-5-6-7-8-9-10-11-12-13-14-15-16-17-18-19-20(21)22;1-2-7(10(16)12-8(14)6-11)13-5-3-4-9(13)15/h5-6,8-9,11-12,14-15,17-18,26H,3-4,7,10,13,16,19-25H2,1-2H3,(H,31,33,36);3-4,6-7,9-10,12-13,15-16H,2,5,8,11,14,17-19H2,1H3,(H,21,22);7H,2-6H2,1H3,(H,12,14,16)/b6-5-,9-8-,12-11-,15-14-,18-17-;4-3-,7-6-,10-9-,13-12-,16-15-;/t26-;;7-/m0.0/s1. The molecule has 2 saturated heterocycles. The van der Waals surface area contributed by atoms with Crippen LogP contribution in [0.2, 0.25) is 0 Å². The molecule has 0 aromatic heterocycles. The summed E-state index contributed by atoms with van der Waals surface area (Å²) < 4.78 is 4.96. The normalized spacial score (nSPS) is 14.9. The van der Waals surface area contributed by atoms with Gasteiger partial charge in [0.1, 0.15) is 18.0 Å². The largest absolute Gasteiger partial charge is 0.481 e. The van der Waals surface area contributed by atoms with Crippen LogP contribution >= 0.6 is 11.6 Å². The molecule has 0 aromatic rings. The van der Waals surface area contributed by atoms with Crippen LogP contribution < -0.4 is 10.6 Å². The number of alkyl halides is 1. The lowest BCUT2D eigenvalue weighted by atomic mass is 10.2. The number of carboxylic acids is 1. The number of nitrogens with zero attached hydrogens (tertiary/aromatic N) is 2. The summed E-state index contributed by atoms with van der Waals surface area (Å²) in [5.74, 6) is -3.73. The Morgan fingerprint density at radius 3 is 1.16 bits per heavy atom. The zero-order valence-electron chi connectivity index (χ0n) is 45.5. The number of rotatable bonds is 35. The SMILES string of the molecule is CC/C=C\C/C=C\C/C=C\C/C=C\C/C=C\CCCC(=O)O.CC/C=C\C/C=C\C/C=C\C/C=C\C/C=C\CCCC(=O)OCC(=O)NC(=O)[C@H](CC)N1CCCC1=O.CC[C@@H](C(=O)NC(=O)CCl)N1CCCC1=O. The first kappa shape index (κ1) is 68.8. The van der Waals surface area contributed by atoms with Gasteiger partial charge in [0.15, 0.2) is 6.61 Å². The van der Waals surface area contributed by atoms with Crippen LogP contribution in [-0.2, 0) is 43.1 Å². The number of halogens is 1. The van der Waals surface area contributed by atoms with Crippen molar-refractivity contribution in [1.29, 1.82) is 0 Å². The van der Waals surface area contributed by atoms with E-state index in [0.29, 0.717) is 51.6 Å². The van der Waals surface area contributed by atoms with E-state index in [4.69, 9.17) is 21.4 Å². The van der Waals surface area contributed by atoms with Crippen LogP contribution in [0.1, 0.15) is 169 Å². The molecule has 14 nitrogen and oxygen atoms in total. The molecule has 0 saturated carbocycles. The molecule has 2 rings (SSSR count). The van der Waals surface area contributed by atoms with Gasteiger partial charge in [-0.2, -0.15) is 0 Å². The Hall–Kier alpha value is -6.15. The van der Waals surface area contributed by atoms with Gasteiger partial charge in [-0.25, -0.2) is 0 Å². The Morgan fingerprint density at radius 1 is 0.520 bits per heavy atom. The van der Waals surface area contributed by atoms with Gasteiger partial charge in [-0.3, -0.25) is 49.0 Å². The average Bonchev–Trinajstić information content (AvgIpc) is 4.02. The minimum absolute atomic E-state index is 0.0275. The summed E-state index contributed by atoms with van der Waals surface area (Å²) >= 11 is 5.29. The van der Waals surface area contributed by atoms with Crippen LogP contribution in [0.15, 0.2) is 122 Å². The molecule has 2 aliphatic rings. The van der Waals surface area contributed by atoms with E-state index in [1.807, 2.05) is 6.08 Å². The first-order valence-electron chi connectivity index (χ1n) is 27.1. The van der Waals surface area contributed by atoms with Gasteiger partial charge >= 0.3 is 11.9 Å². The van der Waals surface area contributed by atoms with Crippen molar-refractivity contribution in [2.45, 2.75) is 181 Å². The molecule has 2 aliphatic heterocycles. The van der Waals surface area contributed by atoms with Crippen molar-refractivity contribution >= 4 is 59.0 Å². The van der Waals surface area contributed by atoms with E-state index >= 15 is 0 Å². The van der Waals surface area contributed by atoms with Crippen molar-refractivity contribution in [3.8, 4) is 0 Å². The highest BCUT2D eigenvalue weighted by molar-refractivity contribution is 6.28. The molecule has 0 spiro atoms. The summed E-state index contributed by atoms with van der Waals surface area (Å²) in [5.41, 5.74) is 0. The molecule has 0 radical (unpaired) electrons. The van der Waals surface area contributed by atoms with Crippen LogP contribution in [0.5, 0.6) is 0 Å².